The van der Waals surface area contributed by atoms with Crippen LogP contribution in [0.15, 0.2) is 40.8 Å². The van der Waals surface area contributed by atoms with Crippen LogP contribution < -0.4 is 5.32 Å². The first-order valence-electron chi connectivity index (χ1n) is 10.9. The van der Waals surface area contributed by atoms with Crippen molar-refractivity contribution in [1.29, 1.82) is 5.26 Å². The van der Waals surface area contributed by atoms with Gasteiger partial charge in [0, 0.05) is 21.2 Å². The minimum absolute atomic E-state index is 0.0902. The van der Waals surface area contributed by atoms with Crippen LogP contribution in [0, 0.1) is 24.2 Å². The molecule has 1 aliphatic rings. The predicted molar refractivity (Wildman–Crippen MR) is 128 cm³/mol. The summed E-state index contributed by atoms with van der Waals surface area (Å²) in [5, 5.41) is 15.6. The molecule has 0 spiro atoms. The van der Waals surface area contributed by atoms with Crippen LogP contribution in [0.2, 0.25) is 0 Å². The molecule has 0 saturated carbocycles. The molecule has 0 aliphatic heterocycles. The highest BCUT2D eigenvalue weighted by Gasteiger charge is 2.25. The fourth-order valence-corrected chi connectivity index (χ4v) is 5.84. The maximum absolute atomic E-state index is 12.7. The molecule has 4 aromatic rings. The maximum Gasteiger partial charge on any atom is 0.375 e. The first-order chi connectivity index (χ1) is 16.0. The zero-order valence-corrected chi connectivity index (χ0v) is 19.2. The number of nitrogens with one attached hydrogen (secondary N) is 1. The van der Waals surface area contributed by atoms with E-state index in [2.05, 4.69) is 18.3 Å². The molecule has 1 amide bonds. The number of rotatable bonds is 4. The number of benzene rings is 2. The molecule has 0 unspecified atom stereocenters. The van der Waals surface area contributed by atoms with Gasteiger partial charge in [-0.3, -0.25) is 4.79 Å². The Bertz CT molecular complexity index is 1460. The first kappa shape index (κ1) is 21.2. The van der Waals surface area contributed by atoms with Crippen LogP contribution in [0.25, 0.3) is 21.7 Å². The Morgan fingerprint density at radius 3 is 2.88 bits per heavy atom. The molecule has 166 valence electrons. The summed E-state index contributed by atoms with van der Waals surface area (Å²) in [5.41, 5.74) is 2.87. The zero-order valence-electron chi connectivity index (χ0n) is 18.4. The van der Waals surface area contributed by atoms with Gasteiger partial charge in [0.15, 0.2) is 6.61 Å². The number of nitriles is 1. The van der Waals surface area contributed by atoms with E-state index in [4.69, 9.17) is 9.15 Å². The molecule has 0 bridgehead atoms. The van der Waals surface area contributed by atoms with Crippen molar-refractivity contribution in [3.63, 3.8) is 0 Å². The van der Waals surface area contributed by atoms with Gasteiger partial charge in [0.05, 0.1) is 5.56 Å². The second-order valence-electron chi connectivity index (χ2n) is 8.51. The summed E-state index contributed by atoms with van der Waals surface area (Å²) in [7, 11) is 0. The van der Waals surface area contributed by atoms with E-state index in [1.807, 2.05) is 36.4 Å². The fourth-order valence-electron chi connectivity index (χ4n) is 4.46. The second-order valence-corrected chi connectivity index (χ2v) is 9.62. The molecular weight excluding hydrogens is 436 g/mol. The number of carbonyl (C=O) groups is 2. The van der Waals surface area contributed by atoms with Crippen LogP contribution in [0.4, 0.5) is 5.00 Å². The van der Waals surface area contributed by atoms with Gasteiger partial charge >= 0.3 is 5.97 Å². The third kappa shape index (κ3) is 3.77. The third-order valence-corrected chi connectivity index (χ3v) is 7.39. The van der Waals surface area contributed by atoms with Crippen molar-refractivity contribution in [2.45, 2.75) is 33.1 Å². The molecule has 2 aromatic carbocycles. The largest absolute Gasteiger partial charge is 0.450 e. The van der Waals surface area contributed by atoms with Crippen molar-refractivity contribution in [2.24, 2.45) is 5.92 Å². The lowest BCUT2D eigenvalue weighted by Crippen LogP contribution is -2.21. The number of aryl methyl sites for hydroxylation is 1. The Hall–Kier alpha value is -3.63. The molecule has 2 aromatic heterocycles. The van der Waals surface area contributed by atoms with Crippen molar-refractivity contribution in [3.8, 4) is 6.07 Å². The molecule has 1 aliphatic carbocycles. The summed E-state index contributed by atoms with van der Waals surface area (Å²) in [6.45, 7) is 3.53. The van der Waals surface area contributed by atoms with Crippen molar-refractivity contribution >= 4 is 50.0 Å². The van der Waals surface area contributed by atoms with Gasteiger partial charge in [-0.05, 0) is 43.1 Å². The van der Waals surface area contributed by atoms with Crippen molar-refractivity contribution in [3.05, 3.63) is 63.7 Å². The van der Waals surface area contributed by atoms with E-state index >= 15 is 0 Å². The monoisotopic (exact) mass is 458 g/mol. The van der Waals surface area contributed by atoms with E-state index < -0.39 is 18.5 Å². The number of anilines is 1. The number of amides is 1. The van der Waals surface area contributed by atoms with Gasteiger partial charge in [-0.2, -0.15) is 5.26 Å². The summed E-state index contributed by atoms with van der Waals surface area (Å²) >= 11 is 1.44. The molecular formula is C26H22N2O4S. The lowest BCUT2D eigenvalue weighted by Gasteiger charge is -2.17. The van der Waals surface area contributed by atoms with Crippen LogP contribution in [0.5, 0.6) is 0 Å². The van der Waals surface area contributed by atoms with Gasteiger partial charge in [0.1, 0.15) is 16.7 Å². The zero-order chi connectivity index (χ0) is 23.1. The smallest absolute Gasteiger partial charge is 0.375 e. The minimum Gasteiger partial charge on any atom is -0.450 e. The Balaban J connectivity index is 1.31. The van der Waals surface area contributed by atoms with Crippen LogP contribution in [0.1, 0.15) is 45.5 Å². The molecule has 0 fully saturated rings. The van der Waals surface area contributed by atoms with E-state index in [1.165, 1.54) is 11.3 Å². The Kier molecular flexibility index (Phi) is 5.39. The number of esters is 1. The molecule has 33 heavy (non-hydrogen) atoms. The highest BCUT2D eigenvalue weighted by atomic mass is 32.1. The Labute approximate surface area is 194 Å². The molecule has 1 N–H and O–H groups in total. The van der Waals surface area contributed by atoms with E-state index in [0.29, 0.717) is 27.6 Å². The van der Waals surface area contributed by atoms with Crippen molar-refractivity contribution < 1.29 is 18.7 Å². The standard InChI is InChI=1S/C26H22N2O4S/c1-14-7-9-19-20(12-27)25(33-21(19)11-14)28-22(29)13-31-26(30)23-15(2)17-10-8-16-5-3-4-6-18(16)24(17)32-23/h3-6,8,10,14H,7,9,11,13H2,1-2H3,(H,28,29)/t14-/m1/s1. The van der Waals surface area contributed by atoms with Crippen LogP contribution >= 0.6 is 11.3 Å². The van der Waals surface area contributed by atoms with E-state index in [9.17, 15) is 14.9 Å². The Morgan fingerprint density at radius 2 is 2.06 bits per heavy atom. The fraction of sp³-hybridized carbons (Fsp3) is 0.269. The number of hydrogen-bond donors (Lipinski definition) is 1. The first-order valence-corrected chi connectivity index (χ1v) is 11.7. The third-order valence-electron chi connectivity index (χ3n) is 6.22. The van der Waals surface area contributed by atoms with Gasteiger partial charge in [0.2, 0.25) is 5.76 Å². The van der Waals surface area contributed by atoms with Gasteiger partial charge in [-0.1, -0.05) is 43.3 Å². The average Bonchev–Trinajstić information content (AvgIpc) is 3.33. The number of hydrogen-bond acceptors (Lipinski definition) is 6. The number of thiophene rings is 1. The highest BCUT2D eigenvalue weighted by Crippen LogP contribution is 2.39. The molecule has 6 nitrogen and oxygen atoms in total. The molecule has 0 radical (unpaired) electrons. The lowest BCUT2D eigenvalue weighted by molar-refractivity contribution is -0.119. The highest BCUT2D eigenvalue weighted by molar-refractivity contribution is 7.16. The molecule has 0 saturated heterocycles. The van der Waals surface area contributed by atoms with Crippen LogP contribution in [-0.2, 0) is 22.4 Å². The number of carbonyl (C=O) groups excluding carboxylic acids is 2. The summed E-state index contributed by atoms with van der Waals surface area (Å²) in [6.07, 6.45) is 2.80. The lowest BCUT2D eigenvalue weighted by atomic mass is 9.89. The summed E-state index contributed by atoms with van der Waals surface area (Å²) < 4.78 is 11.1. The SMILES string of the molecule is Cc1c(C(=O)OCC(=O)Nc2sc3c(c2C#N)CC[C@@H](C)C3)oc2c1ccc1ccccc12. The quantitative estimate of drug-likeness (QED) is 0.393. The minimum atomic E-state index is -0.692. The van der Waals surface area contributed by atoms with Gasteiger partial charge in [-0.25, -0.2) is 4.79 Å². The number of ether oxygens (including phenoxy) is 1. The average molecular weight is 459 g/mol. The maximum atomic E-state index is 12.7. The number of nitrogens with zero attached hydrogens (tertiary/aromatic N) is 1. The topological polar surface area (TPSA) is 92.3 Å². The number of furan rings is 1. The van der Waals surface area contributed by atoms with E-state index in [1.54, 1.807) is 6.92 Å². The van der Waals surface area contributed by atoms with Gasteiger partial charge in [-0.15, -0.1) is 11.3 Å². The summed E-state index contributed by atoms with van der Waals surface area (Å²) in [4.78, 5) is 26.4. The molecule has 7 heteroatoms. The van der Waals surface area contributed by atoms with Crippen LogP contribution in [0.3, 0.4) is 0 Å². The molecule has 2 heterocycles. The van der Waals surface area contributed by atoms with Gasteiger partial charge in [0.25, 0.3) is 5.91 Å². The van der Waals surface area contributed by atoms with Gasteiger partial charge < -0.3 is 14.5 Å². The number of fused-ring (bicyclic) bond motifs is 4. The van der Waals surface area contributed by atoms with Crippen molar-refractivity contribution in [2.75, 3.05) is 11.9 Å². The van der Waals surface area contributed by atoms with Crippen LogP contribution in [-0.4, -0.2) is 18.5 Å². The van der Waals surface area contributed by atoms with E-state index in [0.717, 1.165) is 45.9 Å². The second kappa shape index (κ2) is 8.38. The van der Waals surface area contributed by atoms with E-state index in [-0.39, 0.29) is 5.76 Å². The summed E-state index contributed by atoms with van der Waals surface area (Å²) in [5.74, 6) is -0.516. The summed E-state index contributed by atoms with van der Waals surface area (Å²) in [6, 6.07) is 13.9. The molecule has 5 rings (SSSR count). The predicted octanol–water partition coefficient (Wildman–Crippen LogP) is 5.75. The normalized spacial score (nSPS) is 15.2. The van der Waals surface area contributed by atoms with Crippen molar-refractivity contribution in [1.82, 2.24) is 0 Å². The molecule has 1 atom stereocenters. The Morgan fingerprint density at radius 1 is 1.24 bits per heavy atom.